The second kappa shape index (κ2) is 7.83. The Balaban J connectivity index is 1.53. The number of hydrogen-bond donors (Lipinski definition) is 1. The van der Waals surface area contributed by atoms with Crippen molar-refractivity contribution in [3.05, 3.63) is 66.7 Å². The molecule has 1 unspecified atom stereocenters. The Hall–Kier alpha value is -2.82. The molecule has 25 heavy (non-hydrogen) atoms. The normalized spacial score (nSPS) is 12.1. The lowest BCUT2D eigenvalue weighted by atomic mass is 10.0. The summed E-state index contributed by atoms with van der Waals surface area (Å²) in [6.07, 6.45) is 6.38. The number of urea groups is 1. The molecule has 0 saturated carbocycles. The fraction of sp³-hybridized carbons (Fsp3) is 0.300. The topological polar surface area (TPSA) is 50.2 Å². The van der Waals surface area contributed by atoms with Gasteiger partial charge in [0.15, 0.2) is 0 Å². The van der Waals surface area contributed by atoms with E-state index in [1.807, 2.05) is 36.9 Å². The Morgan fingerprint density at radius 1 is 1.24 bits per heavy atom. The Kier molecular flexibility index (Phi) is 5.33. The van der Waals surface area contributed by atoms with Gasteiger partial charge in [-0.05, 0) is 35.7 Å². The van der Waals surface area contributed by atoms with Crippen molar-refractivity contribution in [2.75, 3.05) is 13.6 Å². The maximum atomic E-state index is 12.4. The summed E-state index contributed by atoms with van der Waals surface area (Å²) in [7, 11) is 1.83. The molecule has 0 bridgehead atoms. The molecule has 5 nitrogen and oxygen atoms in total. The third-order valence-electron chi connectivity index (χ3n) is 4.43. The van der Waals surface area contributed by atoms with Crippen LogP contribution in [0.4, 0.5) is 4.79 Å². The second-order valence-corrected chi connectivity index (χ2v) is 6.35. The molecule has 1 atom stereocenters. The maximum Gasteiger partial charge on any atom is 0.317 e. The number of carbonyl (C=O) groups excluding carboxylic acids is 1. The van der Waals surface area contributed by atoms with Crippen LogP contribution in [0.3, 0.4) is 0 Å². The van der Waals surface area contributed by atoms with Gasteiger partial charge in [0.05, 0.1) is 12.4 Å². The van der Waals surface area contributed by atoms with Crippen LogP contribution in [0, 0.1) is 0 Å². The Labute approximate surface area is 148 Å². The van der Waals surface area contributed by atoms with Gasteiger partial charge < -0.3 is 14.8 Å². The lowest BCUT2D eigenvalue weighted by molar-refractivity contribution is 0.204. The van der Waals surface area contributed by atoms with Crippen molar-refractivity contribution >= 4 is 16.8 Å². The molecule has 3 rings (SSSR count). The summed E-state index contributed by atoms with van der Waals surface area (Å²) in [4.78, 5) is 18.1. The van der Waals surface area contributed by atoms with E-state index in [0.717, 1.165) is 18.5 Å². The summed E-state index contributed by atoms with van der Waals surface area (Å²) >= 11 is 0. The van der Waals surface area contributed by atoms with E-state index in [2.05, 4.69) is 40.6 Å². The van der Waals surface area contributed by atoms with Gasteiger partial charge in [0.25, 0.3) is 0 Å². The average molecular weight is 336 g/mol. The SMILES string of the molecule is CC(NC(=O)N(C)CCCn1ccnc1)c1ccc2ccccc2c1. The number of rotatable bonds is 6. The van der Waals surface area contributed by atoms with Crippen LogP contribution in [0.25, 0.3) is 10.8 Å². The molecule has 0 fully saturated rings. The van der Waals surface area contributed by atoms with E-state index < -0.39 is 0 Å². The maximum absolute atomic E-state index is 12.4. The molecule has 3 aromatic rings. The number of benzene rings is 2. The van der Waals surface area contributed by atoms with Gasteiger partial charge in [-0.2, -0.15) is 0 Å². The molecule has 2 amide bonds. The first-order valence-electron chi connectivity index (χ1n) is 8.59. The number of fused-ring (bicyclic) bond motifs is 1. The highest BCUT2D eigenvalue weighted by Gasteiger charge is 2.13. The second-order valence-electron chi connectivity index (χ2n) is 6.35. The van der Waals surface area contributed by atoms with Gasteiger partial charge in [0.1, 0.15) is 0 Å². The van der Waals surface area contributed by atoms with Crippen LogP contribution in [-0.4, -0.2) is 34.1 Å². The van der Waals surface area contributed by atoms with Crippen molar-refractivity contribution in [2.45, 2.75) is 25.9 Å². The van der Waals surface area contributed by atoms with E-state index in [1.54, 1.807) is 17.4 Å². The van der Waals surface area contributed by atoms with Crippen molar-refractivity contribution in [3.8, 4) is 0 Å². The number of nitrogens with one attached hydrogen (secondary N) is 1. The standard InChI is InChI=1S/C20H24N4O/c1-16(18-9-8-17-6-3-4-7-19(17)14-18)22-20(25)23(2)11-5-12-24-13-10-21-15-24/h3-4,6-10,13-16H,5,11-12H2,1-2H3,(H,22,25). The molecule has 0 aliphatic carbocycles. The zero-order valence-corrected chi connectivity index (χ0v) is 14.7. The van der Waals surface area contributed by atoms with Crippen molar-refractivity contribution in [1.82, 2.24) is 19.8 Å². The predicted octanol–water partition coefficient (Wildman–Crippen LogP) is 3.83. The number of aryl methyl sites for hydroxylation is 1. The molecule has 5 heteroatoms. The molecule has 0 saturated heterocycles. The largest absolute Gasteiger partial charge is 0.337 e. The third-order valence-corrected chi connectivity index (χ3v) is 4.43. The molecule has 1 N–H and O–H groups in total. The smallest absolute Gasteiger partial charge is 0.317 e. The van der Waals surface area contributed by atoms with Crippen molar-refractivity contribution in [2.24, 2.45) is 0 Å². The molecule has 130 valence electrons. The first-order chi connectivity index (χ1) is 12.1. The van der Waals surface area contributed by atoms with Crippen LogP contribution < -0.4 is 5.32 Å². The lowest BCUT2D eigenvalue weighted by Crippen LogP contribution is -2.39. The van der Waals surface area contributed by atoms with E-state index >= 15 is 0 Å². The van der Waals surface area contributed by atoms with E-state index in [1.165, 1.54) is 10.8 Å². The van der Waals surface area contributed by atoms with Crippen LogP contribution in [0.15, 0.2) is 61.2 Å². The number of amides is 2. The molecule has 0 aliphatic rings. The highest BCUT2D eigenvalue weighted by Crippen LogP contribution is 2.20. The van der Waals surface area contributed by atoms with Gasteiger partial charge >= 0.3 is 6.03 Å². The zero-order chi connectivity index (χ0) is 17.6. The van der Waals surface area contributed by atoms with E-state index in [-0.39, 0.29) is 12.1 Å². The van der Waals surface area contributed by atoms with E-state index in [4.69, 9.17) is 0 Å². The minimum atomic E-state index is -0.0497. The predicted molar refractivity (Wildman–Crippen MR) is 100 cm³/mol. The minimum Gasteiger partial charge on any atom is -0.337 e. The first kappa shape index (κ1) is 17.0. The summed E-state index contributed by atoms with van der Waals surface area (Å²) < 4.78 is 2.02. The number of nitrogens with zero attached hydrogens (tertiary/aromatic N) is 3. The summed E-state index contributed by atoms with van der Waals surface area (Å²) in [5.74, 6) is 0. The Bertz CT molecular complexity index is 829. The minimum absolute atomic E-state index is 0.0341. The Morgan fingerprint density at radius 3 is 2.80 bits per heavy atom. The van der Waals surface area contributed by atoms with Gasteiger partial charge in [-0.1, -0.05) is 36.4 Å². The lowest BCUT2D eigenvalue weighted by Gasteiger charge is -2.22. The van der Waals surface area contributed by atoms with Gasteiger partial charge in [-0.15, -0.1) is 0 Å². The van der Waals surface area contributed by atoms with Crippen LogP contribution >= 0.6 is 0 Å². The van der Waals surface area contributed by atoms with Gasteiger partial charge in [-0.25, -0.2) is 9.78 Å². The van der Waals surface area contributed by atoms with Crippen LogP contribution in [0.5, 0.6) is 0 Å². The Morgan fingerprint density at radius 2 is 2.04 bits per heavy atom. The number of carbonyl (C=O) groups is 1. The molecule has 1 aromatic heterocycles. The summed E-state index contributed by atoms with van der Waals surface area (Å²) in [6.45, 7) is 3.58. The fourth-order valence-corrected chi connectivity index (χ4v) is 2.87. The van der Waals surface area contributed by atoms with Gasteiger partial charge in [-0.3, -0.25) is 0 Å². The number of aromatic nitrogens is 2. The summed E-state index contributed by atoms with van der Waals surface area (Å²) in [5.41, 5.74) is 1.11. The van der Waals surface area contributed by atoms with Gasteiger partial charge in [0.2, 0.25) is 0 Å². The quantitative estimate of drug-likeness (QED) is 0.744. The highest BCUT2D eigenvalue weighted by atomic mass is 16.2. The highest BCUT2D eigenvalue weighted by molar-refractivity contribution is 5.83. The first-order valence-corrected chi connectivity index (χ1v) is 8.59. The molecular weight excluding hydrogens is 312 g/mol. The van der Waals surface area contributed by atoms with Crippen molar-refractivity contribution < 1.29 is 4.79 Å². The average Bonchev–Trinajstić information content (AvgIpc) is 3.14. The molecule has 1 heterocycles. The molecule has 0 radical (unpaired) electrons. The van der Waals surface area contributed by atoms with Crippen LogP contribution in [0.1, 0.15) is 24.9 Å². The van der Waals surface area contributed by atoms with E-state index in [9.17, 15) is 4.79 Å². The molecule has 0 spiro atoms. The summed E-state index contributed by atoms with van der Waals surface area (Å²) in [5, 5.41) is 5.47. The number of imidazole rings is 1. The number of hydrogen-bond acceptors (Lipinski definition) is 2. The van der Waals surface area contributed by atoms with Crippen molar-refractivity contribution in [1.29, 1.82) is 0 Å². The van der Waals surface area contributed by atoms with Crippen LogP contribution in [-0.2, 0) is 6.54 Å². The zero-order valence-electron chi connectivity index (χ0n) is 14.7. The molecule has 2 aromatic carbocycles. The molecular formula is C20H24N4O. The molecule has 0 aliphatic heterocycles. The van der Waals surface area contributed by atoms with Gasteiger partial charge in [0, 0.05) is 32.5 Å². The van der Waals surface area contributed by atoms with Crippen molar-refractivity contribution in [3.63, 3.8) is 0 Å². The fourth-order valence-electron chi connectivity index (χ4n) is 2.87. The van der Waals surface area contributed by atoms with Crippen LogP contribution in [0.2, 0.25) is 0 Å². The monoisotopic (exact) mass is 336 g/mol. The third kappa shape index (κ3) is 4.38. The summed E-state index contributed by atoms with van der Waals surface area (Å²) in [6, 6.07) is 14.5. The van der Waals surface area contributed by atoms with E-state index in [0.29, 0.717) is 6.54 Å².